The molecular weight excluding hydrogens is 498 g/mol. The van der Waals surface area contributed by atoms with Crippen LogP contribution in [-0.4, -0.2) is 62.6 Å². The summed E-state index contributed by atoms with van der Waals surface area (Å²) in [6.07, 6.45) is -2.03. The van der Waals surface area contributed by atoms with Crippen LogP contribution in [0, 0.1) is 0 Å². The minimum Gasteiger partial charge on any atom is -0.355 e. The summed E-state index contributed by atoms with van der Waals surface area (Å²) in [5.41, 5.74) is -0.583. The molecular formula is C19H29F3IN5O. The molecule has 29 heavy (non-hydrogen) atoms. The van der Waals surface area contributed by atoms with Crippen molar-refractivity contribution in [1.82, 2.24) is 20.9 Å². The lowest BCUT2D eigenvalue weighted by Gasteiger charge is -2.24. The number of likely N-dealkylation sites (tertiary alicyclic amines) is 1. The number of rotatable bonds is 7. The number of carbonyl (C=O) groups is 1. The van der Waals surface area contributed by atoms with Gasteiger partial charge in [-0.15, -0.1) is 24.0 Å². The molecule has 10 heteroatoms. The Morgan fingerprint density at radius 2 is 1.83 bits per heavy atom. The van der Waals surface area contributed by atoms with Gasteiger partial charge in [0.05, 0.1) is 5.56 Å². The van der Waals surface area contributed by atoms with Crippen LogP contribution in [0.5, 0.6) is 0 Å². The van der Waals surface area contributed by atoms with Crippen molar-refractivity contribution in [3.63, 3.8) is 0 Å². The molecule has 0 saturated carbocycles. The summed E-state index contributed by atoms with van der Waals surface area (Å²) in [5.74, 6) is 0.245. The molecule has 0 bridgehead atoms. The third-order valence-corrected chi connectivity index (χ3v) is 4.81. The fourth-order valence-corrected chi connectivity index (χ4v) is 3.25. The molecule has 6 nitrogen and oxygen atoms in total. The maximum absolute atomic E-state index is 12.6. The number of aliphatic imine (C=N–C) groups is 1. The normalized spacial score (nSPS) is 17.6. The second kappa shape index (κ2) is 12.2. The summed E-state index contributed by atoms with van der Waals surface area (Å²) in [4.78, 5) is 18.6. The van der Waals surface area contributed by atoms with Crippen LogP contribution in [0.25, 0.3) is 0 Å². The summed E-state index contributed by atoms with van der Waals surface area (Å²) in [7, 11) is 1.68. The van der Waals surface area contributed by atoms with Crippen LogP contribution >= 0.6 is 24.0 Å². The molecule has 0 aliphatic carbocycles. The molecule has 164 valence electrons. The van der Waals surface area contributed by atoms with E-state index in [-0.39, 0.29) is 29.5 Å². The molecule has 2 rings (SSSR count). The quantitative estimate of drug-likeness (QED) is 0.221. The van der Waals surface area contributed by atoms with Crippen molar-refractivity contribution in [2.24, 2.45) is 4.99 Å². The number of guanidine groups is 1. The van der Waals surface area contributed by atoms with Gasteiger partial charge < -0.3 is 16.0 Å². The Bertz CT molecular complexity index is 667. The molecule has 1 aromatic rings. The van der Waals surface area contributed by atoms with Gasteiger partial charge in [0, 0.05) is 38.3 Å². The molecule has 1 heterocycles. The summed E-state index contributed by atoms with van der Waals surface area (Å²) in [5, 5.41) is 9.09. The summed E-state index contributed by atoms with van der Waals surface area (Å²) >= 11 is 0. The molecule has 0 aromatic heterocycles. The van der Waals surface area contributed by atoms with E-state index < -0.39 is 17.6 Å². The molecule has 1 atom stereocenters. The van der Waals surface area contributed by atoms with Crippen molar-refractivity contribution >= 4 is 35.8 Å². The summed E-state index contributed by atoms with van der Waals surface area (Å²) in [6, 6.07) is 4.66. The van der Waals surface area contributed by atoms with E-state index in [2.05, 4.69) is 32.8 Å². The Balaban J connectivity index is 0.00000420. The van der Waals surface area contributed by atoms with Crippen LogP contribution in [0.15, 0.2) is 29.3 Å². The number of nitrogens with zero attached hydrogens (tertiary/aromatic N) is 2. The van der Waals surface area contributed by atoms with Crippen molar-refractivity contribution in [1.29, 1.82) is 0 Å². The van der Waals surface area contributed by atoms with E-state index in [1.165, 1.54) is 25.0 Å². The Labute approximate surface area is 186 Å². The van der Waals surface area contributed by atoms with Gasteiger partial charge in [-0.3, -0.25) is 14.7 Å². The molecule has 1 saturated heterocycles. The van der Waals surface area contributed by atoms with E-state index in [9.17, 15) is 18.0 Å². The number of amides is 1. The largest absolute Gasteiger partial charge is 0.416 e. The third-order valence-electron chi connectivity index (χ3n) is 4.81. The average Bonchev–Trinajstić information content (AvgIpc) is 3.14. The molecule has 0 spiro atoms. The van der Waals surface area contributed by atoms with Crippen LogP contribution in [0.2, 0.25) is 0 Å². The van der Waals surface area contributed by atoms with E-state index in [4.69, 9.17) is 0 Å². The average molecular weight is 527 g/mol. The van der Waals surface area contributed by atoms with Gasteiger partial charge in [0.15, 0.2) is 5.96 Å². The molecule has 3 N–H and O–H groups in total. The van der Waals surface area contributed by atoms with Crippen LogP contribution in [0.3, 0.4) is 0 Å². The van der Waals surface area contributed by atoms with E-state index in [0.717, 1.165) is 31.8 Å². The second-order valence-corrected chi connectivity index (χ2v) is 6.64. The monoisotopic (exact) mass is 527 g/mol. The SMILES string of the molecule is CCN1CCCC1CNC(=NC)NCCNC(=O)c1ccc(C(F)(F)F)cc1.I. The van der Waals surface area contributed by atoms with Gasteiger partial charge >= 0.3 is 6.18 Å². The number of nitrogens with one attached hydrogen (secondary N) is 3. The lowest BCUT2D eigenvalue weighted by molar-refractivity contribution is -0.137. The van der Waals surface area contributed by atoms with Gasteiger partial charge in [0.2, 0.25) is 0 Å². The number of carbonyl (C=O) groups excluding carboxylic acids is 1. The molecule has 1 aliphatic heterocycles. The highest BCUT2D eigenvalue weighted by molar-refractivity contribution is 14.0. The number of benzene rings is 1. The standard InChI is InChI=1S/C19H28F3N5O.HI/c1-3-27-12-4-5-16(27)13-26-18(23-2)25-11-10-24-17(28)14-6-8-15(9-7-14)19(20,21)22;/h6-9,16H,3-5,10-13H2,1-2H3,(H,24,28)(H2,23,25,26);1H. The summed E-state index contributed by atoms with van der Waals surface area (Å²) in [6.45, 7) is 5.91. The van der Waals surface area contributed by atoms with Crippen molar-refractivity contribution in [2.45, 2.75) is 32.0 Å². The molecule has 0 radical (unpaired) electrons. The van der Waals surface area contributed by atoms with E-state index in [1.54, 1.807) is 7.05 Å². The number of hydrogen-bond acceptors (Lipinski definition) is 3. The fourth-order valence-electron chi connectivity index (χ4n) is 3.25. The molecule has 1 aliphatic rings. The zero-order chi connectivity index (χ0) is 20.6. The zero-order valence-corrected chi connectivity index (χ0v) is 19.0. The highest BCUT2D eigenvalue weighted by Crippen LogP contribution is 2.29. The highest BCUT2D eigenvalue weighted by Gasteiger charge is 2.30. The van der Waals surface area contributed by atoms with Gasteiger partial charge in [-0.1, -0.05) is 6.92 Å². The van der Waals surface area contributed by atoms with Gasteiger partial charge in [-0.2, -0.15) is 13.2 Å². The molecule has 1 unspecified atom stereocenters. The molecule has 1 fully saturated rings. The third kappa shape index (κ3) is 8.00. The number of halogens is 4. The Hall–Kier alpha value is -1.56. The van der Waals surface area contributed by atoms with Gasteiger partial charge in [-0.25, -0.2) is 0 Å². The zero-order valence-electron chi connectivity index (χ0n) is 16.7. The predicted octanol–water partition coefficient (Wildman–Crippen LogP) is 2.70. The van der Waals surface area contributed by atoms with Crippen molar-refractivity contribution in [3.8, 4) is 0 Å². The smallest absolute Gasteiger partial charge is 0.355 e. The van der Waals surface area contributed by atoms with Gasteiger partial charge in [-0.05, 0) is 50.2 Å². The number of likely N-dealkylation sites (N-methyl/N-ethyl adjacent to an activating group) is 1. The Morgan fingerprint density at radius 3 is 2.41 bits per heavy atom. The maximum Gasteiger partial charge on any atom is 0.416 e. The predicted molar refractivity (Wildman–Crippen MR) is 119 cm³/mol. The van der Waals surface area contributed by atoms with Crippen LogP contribution < -0.4 is 16.0 Å². The minimum atomic E-state index is -4.41. The van der Waals surface area contributed by atoms with Crippen molar-refractivity contribution in [3.05, 3.63) is 35.4 Å². The first-order valence-electron chi connectivity index (χ1n) is 9.49. The lowest BCUT2D eigenvalue weighted by atomic mass is 10.1. The first kappa shape index (κ1) is 25.5. The van der Waals surface area contributed by atoms with Gasteiger partial charge in [0.25, 0.3) is 5.91 Å². The van der Waals surface area contributed by atoms with E-state index >= 15 is 0 Å². The van der Waals surface area contributed by atoms with Crippen LogP contribution in [0.4, 0.5) is 13.2 Å². The summed E-state index contributed by atoms with van der Waals surface area (Å²) < 4.78 is 37.7. The highest BCUT2D eigenvalue weighted by atomic mass is 127. The van der Waals surface area contributed by atoms with Crippen LogP contribution in [0.1, 0.15) is 35.7 Å². The Morgan fingerprint density at radius 1 is 1.17 bits per heavy atom. The number of alkyl halides is 3. The first-order chi connectivity index (χ1) is 13.3. The fraction of sp³-hybridized carbons (Fsp3) is 0.579. The van der Waals surface area contributed by atoms with Crippen LogP contribution in [-0.2, 0) is 6.18 Å². The van der Waals surface area contributed by atoms with E-state index in [1.807, 2.05) is 0 Å². The number of hydrogen-bond donors (Lipinski definition) is 3. The first-order valence-corrected chi connectivity index (χ1v) is 9.49. The topological polar surface area (TPSA) is 68.8 Å². The van der Waals surface area contributed by atoms with Gasteiger partial charge in [0.1, 0.15) is 0 Å². The van der Waals surface area contributed by atoms with Crippen molar-refractivity contribution in [2.75, 3.05) is 39.8 Å². The maximum atomic E-state index is 12.6. The van der Waals surface area contributed by atoms with E-state index in [0.29, 0.717) is 25.1 Å². The molecule has 1 amide bonds. The molecule has 1 aromatic carbocycles. The Kier molecular flexibility index (Phi) is 10.7. The minimum absolute atomic E-state index is 0. The lowest BCUT2D eigenvalue weighted by Crippen LogP contribution is -2.46. The van der Waals surface area contributed by atoms with Crippen molar-refractivity contribution < 1.29 is 18.0 Å². The second-order valence-electron chi connectivity index (χ2n) is 6.64.